The summed E-state index contributed by atoms with van der Waals surface area (Å²) < 4.78 is 0. The molecule has 130 valence electrons. The van der Waals surface area contributed by atoms with E-state index >= 15 is 0 Å². The van der Waals surface area contributed by atoms with Gasteiger partial charge in [0.15, 0.2) is 0 Å². The lowest BCUT2D eigenvalue weighted by molar-refractivity contribution is -0.131. The molecular weight excluding hydrogens is 349 g/mol. The van der Waals surface area contributed by atoms with Gasteiger partial charge in [-0.3, -0.25) is 14.5 Å². The molecule has 1 N–H and O–H groups in total. The second-order valence-electron chi connectivity index (χ2n) is 6.51. The van der Waals surface area contributed by atoms with Gasteiger partial charge in [0, 0.05) is 48.3 Å². The molecule has 2 aliphatic rings. The number of hydrogen-bond acceptors (Lipinski definition) is 3. The van der Waals surface area contributed by atoms with Crippen molar-refractivity contribution < 1.29 is 9.59 Å². The Morgan fingerprint density at radius 2 is 1.71 bits per heavy atom. The molecular formula is C17H21Cl2N3O2. The molecule has 0 spiro atoms. The number of hydrogen-bond donors (Lipinski definition) is 1. The number of carbonyl (C=O) groups excluding carboxylic acids is 2. The number of halogens is 2. The van der Waals surface area contributed by atoms with Crippen LogP contribution in [0.4, 0.5) is 0 Å². The molecule has 2 amide bonds. The van der Waals surface area contributed by atoms with Crippen molar-refractivity contribution in [2.75, 3.05) is 26.7 Å². The zero-order chi connectivity index (χ0) is 17.3. The van der Waals surface area contributed by atoms with Crippen molar-refractivity contribution in [2.24, 2.45) is 0 Å². The third-order valence-corrected chi connectivity index (χ3v) is 5.27. The summed E-state index contributed by atoms with van der Waals surface area (Å²) in [5.74, 6) is 0.0561. The first kappa shape index (κ1) is 17.5. The Morgan fingerprint density at radius 3 is 2.25 bits per heavy atom. The number of benzene rings is 1. The number of piperidine rings is 1. The molecule has 0 aliphatic carbocycles. The highest BCUT2D eigenvalue weighted by atomic mass is 35.5. The predicted octanol–water partition coefficient (Wildman–Crippen LogP) is 2.42. The lowest BCUT2D eigenvalue weighted by atomic mass is 10.0. The van der Waals surface area contributed by atoms with Crippen molar-refractivity contribution >= 4 is 35.0 Å². The lowest BCUT2D eigenvalue weighted by Crippen LogP contribution is -2.50. The summed E-state index contributed by atoms with van der Waals surface area (Å²) >= 11 is 11.9. The van der Waals surface area contributed by atoms with Crippen molar-refractivity contribution in [3.8, 4) is 0 Å². The van der Waals surface area contributed by atoms with Gasteiger partial charge in [0.1, 0.15) is 0 Å². The third kappa shape index (κ3) is 3.85. The van der Waals surface area contributed by atoms with Gasteiger partial charge in [-0.2, -0.15) is 0 Å². The molecule has 2 aliphatic heterocycles. The van der Waals surface area contributed by atoms with E-state index in [1.54, 1.807) is 23.1 Å². The summed E-state index contributed by atoms with van der Waals surface area (Å²) in [5, 5.41) is 3.94. The fraction of sp³-hybridized carbons (Fsp3) is 0.529. The van der Waals surface area contributed by atoms with Crippen LogP contribution in [0.15, 0.2) is 18.2 Å². The highest BCUT2D eigenvalue weighted by molar-refractivity contribution is 6.35. The zero-order valence-electron chi connectivity index (χ0n) is 13.6. The average molecular weight is 370 g/mol. The molecule has 7 heteroatoms. The van der Waals surface area contributed by atoms with Crippen LogP contribution >= 0.6 is 23.2 Å². The van der Waals surface area contributed by atoms with E-state index in [1.807, 2.05) is 7.05 Å². The number of likely N-dealkylation sites (tertiary alicyclic amines) is 2. The van der Waals surface area contributed by atoms with Gasteiger partial charge in [-0.1, -0.05) is 23.2 Å². The summed E-state index contributed by atoms with van der Waals surface area (Å²) in [6.45, 7) is 2.48. The van der Waals surface area contributed by atoms with Gasteiger partial charge in [-0.05, 0) is 37.5 Å². The van der Waals surface area contributed by atoms with Crippen molar-refractivity contribution in [1.82, 2.24) is 15.1 Å². The van der Waals surface area contributed by atoms with E-state index in [-0.39, 0.29) is 23.9 Å². The maximum atomic E-state index is 12.3. The Balaban J connectivity index is 1.53. The second kappa shape index (κ2) is 7.30. The minimum absolute atomic E-state index is 0.0124. The molecule has 24 heavy (non-hydrogen) atoms. The van der Waals surface area contributed by atoms with Gasteiger partial charge < -0.3 is 10.2 Å². The number of amides is 2. The normalized spacial score (nSPS) is 22.9. The van der Waals surface area contributed by atoms with Crippen LogP contribution in [-0.2, 0) is 4.79 Å². The fourth-order valence-corrected chi connectivity index (χ4v) is 3.98. The average Bonchev–Trinajstić information content (AvgIpc) is 2.87. The maximum absolute atomic E-state index is 12.3. The van der Waals surface area contributed by atoms with E-state index in [9.17, 15) is 9.59 Å². The molecule has 1 aromatic carbocycles. The molecule has 2 fully saturated rings. The summed E-state index contributed by atoms with van der Waals surface area (Å²) in [7, 11) is 1.85. The molecule has 0 radical (unpaired) electrons. The summed E-state index contributed by atoms with van der Waals surface area (Å²) in [6, 6.07) is 4.96. The number of nitrogens with zero attached hydrogens (tertiary/aromatic N) is 2. The van der Waals surface area contributed by atoms with Crippen LogP contribution < -0.4 is 5.32 Å². The summed E-state index contributed by atoms with van der Waals surface area (Å²) in [4.78, 5) is 28.5. The molecule has 0 aromatic heterocycles. The quantitative estimate of drug-likeness (QED) is 0.889. The van der Waals surface area contributed by atoms with Crippen molar-refractivity contribution in [1.29, 1.82) is 0 Å². The Morgan fingerprint density at radius 1 is 1.08 bits per heavy atom. The first-order valence-corrected chi connectivity index (χ1v) is 8.95. The highest BCUT2D eigenvalue weighted by Gasteiger charge is 2.35. The molecule has 1 unspecified atom stereocenters. The van der Waals surface area contributed by atoms with Gasteiger partial charge in [0.05, 0.1) is 6.04 Å². The summed E-state index contributed by atoms with van der Waals surface area (Å²) in [6.07, 6.45) is 2.58. The Bertz CT molecular complexity index is 624. The van der Waals surface area contributed by atoms with E-state index in [0.717, 1.165) is 38.9 Å². The van der Waals surface area contributed by atoms with Gasteiger partial charge in [0.2, 0.25) is 5.91 Å². The van der Waals surface area contributed by atoms with Gasteiger partial charge >= 0.3 is 0 Å². The van der Waals surface area contributed by atoms with Crippen LogP contribution in [0.3, 0.4) is 0 Å². The number of nitrogens with one attached hydrogen (secondary N) is 1. The minimum Gasteiger partial charge on any atom is -0.349 e. The first-order valence-electron chi connectivity index (χ1n) is 8.20. The molecule has 0 bridgehead atoms. The van der Waals surface area contributed by atoms with E-state index in [1.165, 1.54) is 0 Å². The fourth-order valence-electron chi connectivity index (χ4n) is 3.45. The number of carbonyl (C=O) groups is 2. The Kier molecular flexibility index (Phi) is 5.33. The van der Waals surface area contributed by atoms with Crippen molar-refractivity contribution in [3.63, 3.8) is 0 Å². The number of likely N-dealkylation sites (N-methyl/N-ethyl adjacent to an activating group) is 1. The highest BCUT2D eigenvalue weighted by Crippen LogP contribution is 2.22. The van der Waals surface area contributed by atoms with Crippen LogP contribution in [0, 0.1) is 0 Å². The molecule has 2 saturated heterocycles. The molecule has 2 heterocycles. The standard InChI is InChI=1S/C17H21Cl2N3O2/c1-21-5-4-15(17(21)24)22-6-2-14(3-7-22)20-16(23)11-8-12(18)10-13(19)9-11/h8-10,14-15H,2-7H2,1H3,(H,20,23). The molecule has 0 saturated carbocycles. The topological polar surface area (TPSA) is 52.6 Å². The van der Waals surface area contributed by atoms with Crippen LogP contribution in [0.1, 0.15) is 29.6 Å². The second-order valence-corrected chi connectivity index (χ2v) is 7.38. The molecule has 1 aromatic rings. The lowest BCUT2D eigenvalue weighted by Gasteiger charge is -2.35. The maximum Gasteiger partial charge on any atom is 0.251 e. The van der Waals surface area contributed by atoms with Crippen LogP contribution in [0.2, 0.25) is 10.0 Å². The van der Waals surface area contributed by atoms with E-state index in [0.29, 0.717) is 15.6 Å². The molecule has 1 atom stereocenters. The Labute approximate surface area is 151 Å². The van der Waals surface area contributed by atoms with Crippen LogP contribution in [0.25, 0.3) is 0 Å². The van der Waals surface area contributed by atoms with Gasteiger partial charge in [-0.25, -0.2) is 0 Å². The monoisotopic (exact) mass is 369 g/mol. The van der Waals surface area contributed by atoms with Gasteiger partial charge in [0.25, 0.3) is 5.91 Å². The van der Waals surface area contributed by atoms with Crippen LogP contribution in [-0.4, -0.2) is 60.4 Å². The third-order valence-electron chi connectivity index (χ3n) is 4.83. The predicted molar refractivity (Wildman–Crippen MR) is 94.6 cm³/mol. The number of rotatable bonds is 3. The van der Waals surface area contributed by atoms with Crippen LogP contribution in [0.5, 0.6) is 0 Å². The van der Waals surface area contributed by atoms with Gasteiger partial charge in [-0.15, -0.1) is 0 Å². The smallest absolute Gasteiger partial charge is 0.251 e. The largest absolute Gasteiger partial charge is 0.349 e. The van der Waals surface area contributed by atoms with Crippen molar-refractivity contribution in [3.05, 3.63) is 33.8 Å². The zero-order valence-corrected chi connectivity index (χ0v) is 15.1. The molecule has 3 rings (SSSR count). The van der Waals surface area contributed by atoms with E-state index in [2.05, 4.69) is 10.2 Å². The minimum atomic E-state index is -0.158. The van der Waals surface area contributed by atoms with E-state index in [4.69, 9.17) is 23.2 Å². The van der Waals surface area contributed by atoms with Crippen molar-refractivity contribution in [2.45, 2.75) is 31.3 Å². The SMILES string of the molecule is CN1CCC(N2CCC(NC(=O)c3cc(Cl)cc(Cl)c3)CC2)C1=O. The van der Waals surface area contributed by atoms with E-state index < -0.39 is 0 Å². The Hall–Kier alpha value is -1.30. The first-order chi connectivity index (χ1) is 11.4. The summed E-state index contributed by atoms with van der Waals surface area (Å²) in [5.41, 5.74) is 0.475. The molecule has 5 nitrogen and oxygen atoms in total.